The van der Waals surface area contributed by atoms with Gasteiger partial charge in [0.2, 0.25) is 5.91 Å². The van der Waals surface area contributed by atoms with Crippen molar-refractivity contribution >= 4 is 12.0 Å². The number of nitrogens with one attached hydrogen (secondary N) is 1. The first kappa shape index (κ1) is 17.0. The van der Waals surface area contributed by atoms with Crippen molar-refractivity contribution in [1.29, 1.82) is 0 Å². The molecule has 0 radical (unpaired) electrons. The van der Waals surface area contributed by atoms with E-state index in [1.165, 1.54) is 0 Å². The Hall–Kier alpha value is -1.34. The maximum absolute atomic E-state index is 12.0. The summed E-state index contributed by atoms with van der Waals surface area (Å²) in [5, 5.41) is 2.91. The number of hydrogen-bond donors (Lipinski definition) is 1. The third-order valence-corrected chi connectivity index (χ3v) is 3.75. The highest BCUT2D eigenvalue weighted by Crippen LogP contribution is 2.19. The van der Waals surface area contributed by atoms with E-state index in [0.717, 1.165) is 13.1 Å². The molecule has 0 aromatic heterocycles. The largest absolute Gasteiger partial charge is 0.444 e. The molecule has 2 aliphatic rings. The van der Waals surface area contributed by atoms with Crippen LogP contribution in [0, 0.1) is 5.92 Å². The third kappa shape index (κ3) is 4.84. The normalized spacial score (nSPS) is 23.8. The van der Waals surface area contributed by atoms with Crippen LogP contribution in [0.5, 0.6) is 0 Å². The van der Waals surface area contributed by atoms with Gasteiger partial charge in [-0.3, -0.25) is 4.79 Å². The molecule has 0 aliphatic carbocycles. The number of carbonyl (C=O) groups excluding carboxylic acids is 2. The van der Waals surface area contributed by atoms with Gasteiger partial charge in [-0.25, -0.2) is 4.79 Å². The van der Waals surface area contributed by atoms with E-state index in [4.69, 9.17) is 9.47 Å². The maximum Gasteiger partial charge on any atom is 0.410 e. The molecule has 2 fully saturated rings. The Morgan fingerprint density at radius 1 is 1.27 bits per heavy atom. The summed E-state index contributed by atoms with van der Waals surface area (Å²) in [7, 11) is 2.04. The van der Waals surface area contributed by atoms with Gasteiger partial charge in [0.1, 0.15) is 5.60 Å². The molecule has 22 heavy (non-hydrogen) atoms. The monoisotopic (exact) mass is 313 g/mol. The minimum absolute atomic E-state index is 0.0170. The zero-order chi connectivity index (χ0) is 16.3. The van der Waals surface area contributed by atoms with Gasteiger partial charge in [0.05, 0.1) is 18.6 Å². The molecule has 2 heterocycles. The minimum Gasteiger partial charge on any atom is -0.444 e. The topological polar surface area (TPSA) is 71.1 Å². The third-order valence-electron chi connectivity index (χ3n) is 3.75. The molecule has 2 saturated heterocycles. The van der Waals surface area contributed by atoms with E-state index in [2.05, 4.69) is 10.2 Å². The average Bonchev–Trinajstić information content (AvgIpc) is 2.32. The van der Waals surface area contributed by atoms with Crippen molar-refractivity contribution in [3.05, 3.63) is 0 Å². The molecule has 126 valence electrons. The second-order valence-electron chi connectivity index (χ2n) is 7.08. The van der Waals surface area contributed by atoms with E-state index in [-0.39, 0.29) is 24.0 Å². The lowest BCUT2D eigenvalue weighted by atomic mass is 10.00. The van der Waals surface area contributed by atoms with E-state index in [1.807, 2.05) is 27.8 Å². The van der Waals surface area contributed by atoms with Crippen molar-refractivity contribution in [2.45, 2.75) is 32.5 Å². The molecule has 0 aromatic rings. The van der Waals surface area contributed by atoms with Crippen LogP contribution in [0.1, 0.15) is 20.8 Å². The Balaban J connectivity index is 1.65. The summed E-state index contributed by atoms with van der Waals surface area (Å²) < 4.78 is 10.9. The number of likely N-dealkylation sites (tertiary alicyclic amines) is 1. The van der Waals surface area contributed by atoms with Crippen LogP contribution in [-0.2, 0) is 14.3 Å². The van der Waals surface area contributed by atoms with E-state index >= 15 is 0 Å². The summed E-state index contributed by atoms with van der Waals surface area (Å²) in [6, 6.07) is 0. The highest BCUT2D eigenvalue weighted by atomic mass is 16.6. The molecule has 2 aliphatic heterocycles. The van der Waals surface area contributed by atoms with E-state index in [0.29, 0.717) is 26.2 Å². The zero-order valence-corrected chi connectivity index (χ0v) is 13.9. The Kier molecular flexibility index (Phi) is 5.28. The maximum atomic E-state index is 12.0. The Bertz CT molecular complexity index is 416. The predicted octanol–water partition coefficient (Wildman–Crippen LogP) is 0.300. The smallest absolute Gasteiger partial charge is 0.410 e. The van der Waals surface area contributed by atoms with Gasteiger partial charge in [0, 0.05) is 32.7 Å². The van der Waals surface area contributed by atoms with Gasteiger partial charge in [-0.15, -0.1) is 0 Å². The summed E-state index contributed by atoms with van der Waals surface area (Å²) in [6.45, 7) is 9.31. The number of rotatable bonds is 3. The number of likely N-dealkylation sites (N-methyl/N-ethyl adjacent to an activating group) is 1. The van der Waals surface area contributed by atoms with Crippen molar-refractivity contribution in [1.82, 2.24) is 15.1 Å². The van der Waals surface area contributed by atoms with Gasteiger partial charge in [-0.05, 0) is 27.8 Å². The molecule has 0 bridgehead atoms. The first-order valence-corrected chi connectivity index (χ1v) is 7.80. The predicted molar refractivity (Wildman–Crippen MR) is 81.5 cm³/mol. The van der Waals surface area contributed by atoms with Gasteiger partial charge in [-0.2, -0.15) is 0 Å². The fraction of sp³-hybridized carbons (Fsp3) is 0.867. The van der Waals surface area contributed by atoms with Crippen LogP contribution in [0.4, 0.5) is 4.79 Å². The zero-order valence-electron chi connectivity index (χ0n) is 13.9. The standard InChI is InChI=1S/C15H27N3O4/c1-15(2,3)22-14(20)18-8-11(9-18)13(19)16-7-12-10-17(4)5-6-21-12/h11-12H,5-10H2,1-4H3,(H,16,19). The lowest BCUT2D eigenvalue weighted by molar-refractivity contribution is -0.130. The fourth-order valence-corrected chi connectivity index (χ4v) is 2.47. The molecule has 0 aromatic carbocycles. The quantitative estimate of drug-likeness (QED) is 0.811. The fourth-order valence-electron chi connectivity index (χ4n) is 2.47. The minimum atomic E-state index is -0.505. The molecule has 0 saturated carbocycles. The number of nitrogens with zero attached hydrogens (tertiary/aromatic N) is 2. The summed E-state index contributed by atoms with van der Waals surface area (Å²) >= 11 is 0. The van der Waals surface area contributed by atoms with Crippen LogP contribution in [0.15, 0.2) is 0 Å². The highest BCUT2D eigenvalue weighted by Gasteiger charge is 2.38. The molecule has 2 rings (SSSR count). The van der Waals surface area contributed by atoms with Crippen LogP contribution in [0.2, 0.25) is 0 Å². The molecule has 2 amide bonds. The van der Waals surface area contributed by atoms with Crippen molar-refractivity contribution in [2.75, 3.05) is 46.4 Å². The van der Waals surface area contributed by atoms with E-state index in [1.54, 1.807) is 4.90 Å². The average molecular weight is 313 g/mol. The number of hydrogen-bond acceptors (Lipinski definition) is 5. The van der Waals surface area contributed by atoms with Crippen LogP contribution in [0.25, 0.3) is 0 Å². The molecule has 0 spiro atoms. The van der Waals surface area contributed by atoms with Gasteiger partial charge < -0.3 is 24.6 Å². The molecule has 7 heteroatoms. The molecular weight excluding hydrogens is 286 g/mol. The molecule has 1 N–H and O–H groups in total. The van der Waals surface area contributed by atoms with Crippen molar-refractivity contribution < 1.29 is 19.1 Å². The summed E-state index contributed by atoms with van der Waals surface area (Å²) in [4.78, 5) is 27.6. The number of ether oxygens (including phenoxy) is 2. The summed E-state index contributed by atoms with van der Waals surface area (Å²) in [5.41, 5.74) is -0.505. The highest BCUT2D eigenvalue weighted by molar-refractivity contribution is 5.82. The summed E-state index contributed by atoms with van der Waals surface area (Å²) in [6.07, 6.45) is -0.307. The van der Waals surface area contributed by atoms with Crippen LogP contribution in [-0.4, -0.2) is 79.9 Å². The van der Waals surface area contributed by atoms with Gasteiger partial charge in [0.25, 0.3) is 0 Å². The number of amides is 2. The second-order valence-corrected chi connectivity index (χ2v) is 7.08. The van der Waals surface area contributed by atoms with Crippen LogP contribution < -0.4 is 5.32 Å². The van der Waals surface area contributed by atoms with Gasteiger partial charge in [0.15, 0.2) is 0 Å². The van der Waals surface area contributed by atoms with Crippen LogP contribution in [0.3, 0.4) is 0 Å². The Morgan fingerprint density at radius 2 is 1.95 bits per heavy atom. The van der Waals surface area contributed by atoms with Crippen molar-refractivity contribution in [3.63, 3.8) is 0 Å². The lowest BCUT2D eigenvalue weighted by Crippen LogP contribution is -2.57. The molecule has 1 atom stereocenters. The molecule has 7 nitrogen and oxygen atoms in total. The van der Waals surface area contributed by atoms with E-state index < -0.39 is 5.60 Å². The molecular formula is C15H27N3O4. The number of morpholine rings is 1. The second kappa shape index (κ2) is 6.83. The van der Waals surface area contributed by atoms with Crippen molar-refractivity contribution in [3.8, 4) is 0 Å². The SMILES string of the molecule is CN1CCOC(CNC(=O)C2CN(C(=O)OC(C)(C)C)C2)C1. The summed E-state index contributed by atoms with van der Waals surface area (Å²) in [5.74, 6) is -0.162. The Labute approximate surface area is 131 Å². The first-order valence-electron chi connectivity index (χ1n) is 7.80. The first-order chi connectivity index (χ1) is 10.2. The lowest BCUT2D eigenvalue weighted by Gasteiger charge is -2.39. The number of carbonyl (C=O) groups is 2. The van der Waals surface area contributed by atoms with Crippen LogP contribution >= 0.6 is 0 Å². The van der Waals surface area contributed by atoms with Crippen molar-refractivity contribution in [2.24, 2.45) is 5.92 Å². The molecule has 1 unspecified atom stereocenters. The van der Waals surface area contributed by atoms with Gasteiger partial charge >= 0.3 is 6.09 Å². The van der Waals surface area contributed by atoms with Gasteiger partial charge in [-0.1, -0.05) is 0 Å². The van der Waals surface area contributed by atoms with E-state index in [9.17, 15) is 9.59 Å². The Morgan fingerprint density at radius 3 is 2.55 bits per heavy atom.